The average Bonchev–Trinajstić information content (AvgIpc) is 2.33. The van der Waals surface area contributed by atoms with Crippen LogP contribution < -0.4 is 0 Å². The van der Waals surface area contributed by atoms with E-state index in [-0.39, 0.29) is 20.8 Å². The quantitative estimate of drug-likeness (QED) is 0.364. The molecule has 0 N–H and O–H groups in total. The van der Waals surface area contributed by atoms with E-state index in [9.17, 15) is 13.2 Å². The molecule has 1 heterocycles. The maximum absolute atomic E-state index is 12.7. The highest BCUT2D eigenvalue weighted by atomic mass is 127. The van der Waals surface area contributed by atoms with Crippen LogP contribution in [0.5, 0.6) is 0 Å². The average molecular weight is 452 g/mol. The fourth-order valence-electron chi connectivity index (χ4n) is 1.49. The summed E-state index contributed by atoms with van der Waals surface area (Å²) in [5.41, 5.74) is -0.472. The molecular weight excluding hydrogens is 448 g/mol. The maximum atomic E-state index is 12.7. The van der Waals surface area contributed by atoms with Crippen molar-refractivity contribution in [2.45, 2.75) is 6.18 Å². The van der Waals surface area contributed by atoms with Crippen LogP contribution in [0.1, 0.15) is 5.69 Å². The summed E-state index contributed by atoms with van der Waals surface area (Å²) in [4.78, 5) is 3.60. The third-order valence-corrected chi connectivity index (χ3v) is 4.18. The predicted molar refractivity (Wildman–Crippen MR) is 82.4 cm³/mol. The molecule has 0 fully saturated rings. The number of alkyl halides is 3. The van der Waals surface area contributed by atoms with Gasteiger partial charge in [-0.25, -0.2) is 4.98 Å². The molecule has 0 amide bonds. The van der Waals surface area contributed by atoms with Gasteiger partial charge >= 0.3 is 6.18 Å². The normalized spacial score (nSPS) is 11.8. The SMILES string of the molecule is FC(F)(F)c1cc(I)cc(-c2cc(Cl)c(Cl)c(Cl)c2)n1. The van der Waals surface area contributed by atoms with Crippen LogP contribution in [0.3, 0.4) is 0 Å². The molecule has 1 aromatic carbocycles. The third-order valence-electron chi connectivity index (χ3n) is 2.36. The van der Waals surface area contributed by atoms with Gasteiger partial charge in [0, 0.05) is 9.13 Å². The molecule has 0 saturated carbocycles. The number of aromatic nitrogens is 1. The number of benzene rings is 1. The Balaban J connectivity index is 2.61. The number of nitrogens with zero attached hydrogens (tertiary/aromatic N) is 1. The minimum Gasteiger partial charge on any atom is -0.243 e. The van der Waals surface area contributed by atoms with Crippen molar-refractivity contribution in [2.75, 3.05) is 0 Å². The zero-order valence-electron chi connectivity index (χ0n) is 9.40. The second kappa shape index (κ2) is 5.87. The number of rotatable bonds is 1. The van der Waals surface area contributed by atoms with E-state index in [2.05, 4.69) is 4.98 Å². The molecule has 1 aromatic heterocycles. The van der Waals surface area contributed by atoms with E-state index in [0.717, 1.165) is 6.07 Å². The van der Waals surface area contributed by atoms with Gasteiger partial charge in [0.1, 0.15) is 5.69 Å². The molecule has 8 heteroatoms. The zero-order valence-corrected chi connectivity index (χ0v) is 13.8. The van der Waals surface area contributed by atoms with E-state index in [1.165, 1.54) is 18.2 Å². The Hall–Kier alpha value is -0.240. The molecule has 2 aromatic rings. The second-order valence-electron chi connectivity index (χ2n) is 3.81. The van der Waals surface area contributed by atoms with Crippen molar-refractivity contribution in [3.05, 3.63) is 48.6 Å². The summed E-state index contributed by atoms with van der Waals surface area (Å²) in [6.07, 6.45) is -4.52. The van der Waals surface area contributed by atoms with E-state index in [4.69, 9.17) is 34.8 Å². The van der Waals surface area contributed by atoms with Crippen LogP contribution in [-0.4, -0.2) is 4.98 Å². The first-order valence-electron chi connectivity index (χ1n) is 5.08. The Morgan fingerprint density at radius 2 is 1.50 bits per heavy atom. The van der Waals surface area contributed by atoms with Crippen molar-refractivity contribution in [1.82, 2.24) is 4.98 Å². The van der Waals surface area contributed by atoms with Crippen molar-refractivity contribution >= 4 is 57.4 Å². The minimum atomic E-state index is -4.52. The van der Waals surface area contributed by atoms with E-state index in [1.807, 2.05) is 0 Å². The summed E-state index contributed by atoms with van der Waals surface area (Å²) < 4.78 is 38.6. The van der Waals surface area contributed by atoms with Crippen molar-refractivity contribution in [2.24, 2.45) is 0 Å². The molecule has 0 saturated heterocycles. The molecule has 0 aliphatic carbocycles. The van der Waals surface area contributed by atoms with Crippen LogP contribution in [-0.2, 0) is 6.18 Å². The van der Waals surface area contributed by atoms with Crippen molar-refractivity contribution < 1.29 is 13.2 Å². The Labute approximate surface area is 141 Å². The smallest absolute Gasteiger partial charge is 0.243 e. The minimum absolute atomic E-state index is 0.129. The van der Waals surface area contributed by atoms with Gasteiger partial charge in [0.25, 0.3) is 0 Å². The topological polar surface area (TPSA) is 12.9 Å². The molecule has 0 bridgehead atoms. The van der Waals surface area contributed by atoms with Crippen LogP contribution >= 0.6 is 57.4 Å². The number of halogens is 7. The fraction of sp³-hybridized carbons (Fsp3) is 0.0833. The molecule has 0 aliphatic rings. The molecule has 1 nitrogen and oxygen atoms in total. The third kappa shape index (κ3) is 3.50. The lowest BCUT2D eigenvalue weighted by Gasteiger charge is -2.10. The Morgan fingerprint density at radius 3 is 2.00 bits per heavy atom. The Bertz CT molecular complexity index is 650. The number of hydrogen-bond donors (Lipinski definition) is 0. The van der Waals surface area contributed by atoms with Gasteiger partial charge in [0.05, 0.1) is 20.8 Å². The molecule has 0 spiro atoms. The van der Waals surface area contributed by atoms with Crippen LogP contribution in [0.15, 0.2) is 24.3 Å². The Morgan fingerprint density at radius 1 is 0.950 bits per heavy atom. The molecule has 0 radical (unpaired) electrons. The van der Waals surface area contributed by atoms with E-state index < -0.39 is 11.9 Å². The van der Waals surface area contributed by atoms with Crippen molar-refractivity contribution in [1.29, 1.82) is 0 Å². The van der Waals surface area contributed by atoms with E-state index in [0.29, 0.717) is 9.13 Å². The maximum Gasteiger partial charge on any atom is 0.433 e. The van der Waals surface area contributed by atoms with Crippen LogP contribution in [0, 0.1) is 3.57 Å². The molecule has 2 rings (SSSR count). The summed E-state index contributed by atoms with van der Waals surface area (Å²) in [7, 11) is 0. The van der Waals surface area contributed by atoms with Crippen molar-refractivity contribution in [3.8, 4) is 11.3 Å². The van der Waals surface area contributed by atoms with Gasteiger partial charge in [-0.2, -0.15) is 13.2 Å². The van der Waals surface area contributed by atoms with E-state index in [1.54, 1.807) is 22.6 Å². The standard InChI is InChI=1S/C12H4Cl3F3IN/c13-7-1-5(2-8(14)11(7)15)9-3-6(19)4-10(20-9)12(16,17)18/h1-4H. The summed E-state index contributed by atoms with van der Waals surface area (Å²) in [5, 5.41) is 0.463. The first-order valence-corrected chi connectivity index (χ1v) is 7.29. The molecular formula is C12H4Cl3F3IN. The van der Waals surface area contributed by atoms with Gasteiger partial charge in [0.15, 0.2) is 0 Å². The number of pyridine rings is 1. The lowest BCUT2D eigenvalue weighted by Crippen LogP contribution is -2.09. The zero-order chi connectivity index (χ0) is 15.1. The van der Waals surface area contributed by atoms with Gasteiger partial charge in [-0.05, 0) is 46.9 Å². The van der Waals surface area contributed by atoms with Gasteiger partial charge in [0.2, 0.25) is 0 Å². The monoisotopic (exact) mass is 451 g/mol. The summed E-state index contributed by atoms with van der Waals surface area (Å²) in [5.74, 6) is 0. The van der Waals surface area contributed by atoms with Crippen LogP contribution in [0.25, 0.3) is 11.3 Å². The summed E-state index contributed by atoms with van der Waals surface area (Å²) >= 11 is 19.3. The summed E-state index contributed by atoms with van der Waals surface area (Å²) in [6, 6.07) is 5.32. The highest BCUT2D eigenvalue weighted by molar-refractivity contribution is 14.1. The van der Waals surface area contributed by atoms with Gasteiger partial charge < -0.3 is 0 Å². The highest BCUT2D eigenvalue weighted by Crippen LogP contribution is 2.36. The largest absolute Gasteiger partial charge is 0.433 e. The fourth-order valence-corrected chi connectivity index (χ4v) is 2.68. The molecule has 106 valence electrons. The lowest BCUT2D eigenvalue weighted by atomic mass is 10.1. The molecule has 0 atom stereocenters. The predicted octanol–water partition coefficient (Wildman–Crippen LogP) is 6.33. The highest BCUT2D eigenvalue weighted by Gasteiger charge is 2.33. The van der Waals surface area contributed by atoms with E-state index >= 15 is 0 Å². The van der Waals surface area contributed by atoms with Crippen molar-refractivity contribution in [3.63, 3.8) is 0 Å². The molecule has 0 aliphatic heterocycles. The Kier molecular flexibility index (Phi) is 4.73. The lowest BCUT2D eigenvalue weighted by molar-refractivity contribution is -0.141. The first kappa shape index (κ1) is 16.1. The first-order chi connectivity index (χ1) is 9.18. The van der Waals surface area contributed by atoms with Gasteiger partial charge in [-0.15, -0.1) is 0 Å². The molecule has 20 heavy (non-hydrogen) atoms. The molecule has 0 unspecified atom stereocenters. The van der Waals surface area contributed by atoms with Crippen LogP contribution in [0.2, 0.25) is 15.1 Å². The van der Waals surface area contributed by atoms with Gasteiger partial charge in [-0.3, -0.25) is 0 Å². The number of hydrogen-bond acceptors (Lipinski definition) is 1. The van der Waals surface area contributed by atoms with Crippen LogP contribution in [0.4, 0.5) is 13.2 Å². The second-order valence-corrected chi connectivity index (χ2v) is 6.25. The van der Waals surface area contributed by atoms with Gasteiger partial charge in [-0.1, -0.05) is 34.8 Å². The summed E-state index contributed by atoms with van der Waals surface area (Å²) in [6.45, 7) is 0.